The SMILES string of the molecule is CCN(C(=O)Cn1cc(C(=O)O)cn1)C(C)c1cc2ccccc2o1. The molecule has 130 valence electrons. The molecule has 0 bridgehead atoms. The van der Waals surface area contributed by atoms with Crippen LogP contribution < -0.4 is 0 Å². The number of carboxylic acid groups (broad SMARTS) is 1. The molecule has 0 radical (unpaired) electrons. The molecule has 3 aromatic rings. The Kier molecular flexibility index (Phi) is 4.56. The number of rotatable bonds is 6. The van der Waals surface area contributed by atoms with Crippen LogP contribution in [0.4, 0.5) is 0 Å². The minimum Gasteiger partial charge on any atom is -0.478 e. The number of furan rings is 1. The summed E-state index contributed by atoms with van der Waals surface area (Å²) in [6, 6.07) is 9.39. The molecule has 0 fully saturated rings. The Morgan fingerprint density at radius 2 is 2.12 bits per heavy atom. The molecule has 0 aliphatic heterocycles. The lowest BCUT2D eigenvalue weighted by Gasteiger charge is -2.26. The van der Waals surface area contributed by atoms with Crippen molar-refractivity contribution in [3.8, 4) is 0 Å². The summed E-state index contributed by atoms with van der Waals surface area (Å²) in [5, 5.41) is 13.9. The number of benzene rings is 1. The van der Waals surface area contributed by atoms with Crippen molar-refractivity contribution in [1.82, 2.24) is 14.7 Å². The first-order valence-corrected chi connectivity index (χ1v) is 8.03. The van der Waals surface area contributed by atoms with Gasteiger partial charge in [-0.25, -0.2) is 4.79 Å². The Morgan fingerprint density at radius 1 is 1.36 bits per heavy atom. The molecule has 2 aromatic heterocycles. The van der Waals surface area contributed by atoms with E-state index in [0.29, 0.717) is 12.3 Å². The molecule has 1 amide bonds. The van der Waals surface area contributed by atoms with Gasteiger partial charge >= 0.3 is 5.97 Å². The van der Waals surface area contributed by atoms with E-state index in [1.807, 2.05) is 44.2 Å². The number of fused-ring (bicyclic) bond motifs is 1. The summed E-state index contributed by atoms with van der Waals surface area (Å²) < 4.78 is 7.19. The van der Waals surface area contributed by atoms with E-state index in [9.17, 15) is 9.59 Å². The summed E-state index contributed by atoms with van der Waals surface area (Å²) in [7, 11) is 0. The number of hydrogen-bond donors (Lipinski definition) is 1. The van der Waals surface area contributed by atoms with Gasteiger partial charge in [0.2, 0.25) is 5.91 Å². The Bertz CT molecular complexity index is 879. The summed E-state index contributed by atoms with van der Waals surface area (Å²) in [6.07, 6.45) is 2.58. The monoisotopic (exact) mass is 341 g/mol. The summed E-state index contributed by atoms with van der Waals surface area (Å²) in [5.74, 6) is -0.514. The van der Waals surface area contributed by atoms with Crippen LogP contribution >= 0.6 is 0 Å². The van der Waals surface area contributed by atoms with Crippen LogP contribution in [-0.2, 0) is 11.3 Å². The van der Waals surface area contributed by atoms with E-state index in [-0.39, 0.29) is 24.1 Å². The Labute approximate surface area is 144 Å². The van der Waals surface area contributed by atoms with Gasteiger partial charge in [-0.2, -0.15) is 5.10 Å². The van der Waals surface area contributed by atoms with Gasteiger partial charge in [0.05, 0.1) is 17.8 Å². The fraction of sp³-hybridized carbons (Fsp3) is 0.278. The zero-order valence-electron chi connectivity index (χ0n) is 14.0. The molecule has 0 saturated carbocycles. The van der Waals surface area contributed by atoms with Crippen LogP contribution in [0.25, 0.3) is 11.0 Å². The van der Waals surface area contributed by atoms with Gasteiger partial charge in [-0.15, -0.1) is 0 Å². The number of likely N-dealkylation sites (N-methyl/N-ethyl adjacent to an activating group) is 1. The van der Waals surface area contributed by atoms with E-state index in [2.05, 4.69) is 5.10 Å². The number of para-hydroxylation sites is 1. The molecule has 0 aliphatic rings. The molecule has 7 nitrogen and oxygen atoms in total. The molecule has 1 N–H and O–H groups in total. The summed E-state index contributed by atoms with van der Waals surface area (Å²) >= 11 is 0. The van der Waals surface area contributed by atoms with Gasteiger partial charge in [0.1, 0.15) is 17.9 Å². The summed E-state index contributed by atoms with van der Waals surface area (Å²) in [5.41, 5.74) is 0.840. The topological polar surface area (TPSA) is 88.6 Å². The molecule has 0 saturated heterocycles. The number of aromatic carboxylic acids is 1. The smallest absolute Gasteiger partial charge is 0.338 e. The van der Waals surface area contributed by atoms with E-state index >= 15 is 0 Å². The van der Waals surface area contributed by atoms with E-state index < -0.39 is 5.97 Å². The molecular formula is C18H19N3O4. The molecule has 7 heteroatoms. The molecule has 0 spiro atoms. The number of amides is 1. The molecule has 1 unspecified atom stereocenters. The van der Waals surface area contributed by atoms with E-state index in [0.717, 1.165) is 11.0 Å². The fourth-order valence-electron chi connectivity index (χ4n) is 2.82. The molecule has 1 atom stereocenters. The Balaban J connectivity index is 1.77. The first kappa shape index (κ1) is 16.8. The van der Waals surface area contributed by atoms with Crippen molar-refractivity contribution in [2.75, 3.05) is 6.54 Å². The second-order valence-corrected chi connectivity index (χ2v) is 5.77. The lowest BCUT2D eigenvalue weighted by molar-refractivity contribution is -0.134. The number of carboxylic acids is 1. The Hall–Kier alpha value is -3.09. The standard InChI is InChI=1S/C18H19N3O4/c1-3-21(17(22)11-20-10-14(9-19-20)18(23)24)12(2)16-8-13-6-4-5-7-15(13)25-16/h4-10,12H,3,11H2,1-2H3,(H,23,24). The molecule has 1 aromatic carbocycles. The minimum absolute atomic E-state index is 0.0221. The van der Waals surface area contributed by atoms with Crippen LogP contribution in [0.5, 0.6) is 0 Å². The van der Waals surface area contributed by atoms with E-state index in [1.54, 1.807) is 4.90 Å². The van der Waals surface area contributed by atoms with Gasteiger partial charge < -0.3 is 14.4 Å². The number of nitrogens with zero attached hydrogens (tertiary/aromatic N) is 3. The number of carbonyl (C=O) groups is 2. The first-order valence-electron chi connectivity index (χ1n) is 8.03. The average Bonchev–Trinajstić information content (AvgIpc) is 3.21. The maximum absolute atomic E-state index is 12.6. The van der Waals surface area contributed by atoms with Gasteiger partial charge in [0, 0.05) is 18.1 Å². The molecule has 25 heavy (non-hydrogen) atoms. The highest BCUT2D eigenvalue weighted by Gasteiger charge is 2.23. The van der Waals surface area contributed by atoms with Gasteiger partial charge in [0.15, 0.2) is 0 Å². The largest absolute Gasteiger partial charge is 0.478 e. The lowest BCUT2D eigenvalue weighted by Crippen LogP contribution is -2.35. The van der Waals surface area contributed by atoms with Crippen molar-refractivity contribution < 1.29 is 19.1 Å². The van der Waals surface area contributed by atoms with Crippen LogP contribution in [0.1, 0.15) is 36.0 Å². The second-order valence-electron chi connectivity index (χ2n) is 5.77. The van der Waals surface area contributed by atoms with Crippen molar-refractivity contribution in [1.29, 1.82) is 0 Å². The summed E-state index contributed by atoms with van der Waals surface area (Å²) in [4.78, 5) is 25.2. The number of hydrogen-bond acceptors (Lipinski definition) is 4. The maximum Gasteiger partial charge on any atom is 0.338 e. The molecule has 0 aliphatic carbocycles. The quantitative estimate of drug-likeness (QED) is 0.744. The van der Waals surface area contributed by atoms with Crippen LogP contribution in [0.2, 0.25) is 0 Å². The van der Waals surface area contributed by atoms with Crippen LogP contribution in [0.15, 0.2) is 47.1 Å². The third kappa shape index (κ3) is 3.40. The number of aromatic nitrogens is 2. The van der Waals surface area contributed by atoms with Crippen LogP contribution in [-0.4, -0.2) is 38.2 Å². The van der Waals surface area contributed by atoms with Crippen LogP contribution in [0.3, 0.4) is 0 Å². The second kappa shape index (κ2) is 6.80. The Morgan fingerprint density at radius 3 is 2.76 bits per heavy atom. The first-order chi connectivity index (χ1) is 12.0. The predicted molar refractivity (Wildman–Crippen MR) is 91.2 cm³/mol. The highest BCUT2D eigenvalue weighted by atomic mass is 16.4. The van der Waals surface area contributed by atoms with Crippen molar-refractivity contribution in [2.24, 2.45) is 0 Å². The van der Waals surface area contributed by atoms with Gasteiger partial charge in [-0.3, -0.25) is 9.48 Å². The zero-order chi connectivity index (χ0) is 18.0. The molecular weight excluding hydrogens is 322 g/mol. The van der Waals surface area contributed by atoms with Crippen molar-refractivity contribution in [3.05, 3.63) is 54.0 Å². The normalized spacial score (nSPS) is 12.2. The molecule has 3 rings (SSSR count). The number of carbonyl (C=O) groups excluding carboxylic acids is 1. The third-order valence-electron chi connectivity index (χ3n) is 4.16. The van der Waals surface area contributed by atoms with Crippen molar-refractivity contribution in [3.63, 3.8) is 0 Å². The van der Waals surface area contributed by atoms with Gasteiger partial charge in [-0.1, -0.05) is 18.2 Å². The maximum atomic E-state index is 12.6. The van der Waals surface area contributed by atoms with Crippen molar-refractivity contribution in [2.45, 2.75) is 26.4 Å². The highest BCUT2D eigenvalue weighted by Crippen LogP contribution is 2.27. The lowest BCUT2D eigenvalue weighted by atomic mass is 10.2. The average molecular weight is 341 g/mol. The third-order valence-corrected chi connectivity index (χ3v) is 4.16. The van der Waals surface area contributed by atoms with Gasteiger partial charge in [0.25, 0.3) is 0 Å². The minimum atomic E-state index is -1.07. The fourth-order valence-corrected chi connectivity index (χ4v) is 2.82. The predicted octanol–water partition coefficient (Wildman–Crippen LogP) is 2.94. The highest BCUT2D eigenvalue weighted by molar-refractivity contribution is 5.87. The van der Waals surface area contributed by atoms with E-state index in [1.165, 1.54) is 17.1 Å². The summed E-state index contributed by atoms with van der Waals surface area (Å²) in [6.45, 7) is 4.28. The van der Waals surface area contributed by atoms with E-state index in [4.69, 9.17) is 9.52 Å². The van der Waals surface area contributed by atoms with Crippen molar-refractivity contribution >= 4 is 22.8 Å². The van der Waals surface area contributed by atoms with Crippen LogP contribution in [0, 0.1) is 0 Å². The zero-order valence-corrected chi connectivity index (χ0v) is 14.0. The molecule has 2 heterocycles. The van der Waals surface area contributed by atoms with Gasteiger partial charge in [-0.05, 0) is 26.0 Å².